The number of carbonyl (C=O) groups excluding carboxylic acids is 1. The lowest BCUT2D eigenvalue weighted by Crippen LogP contribution is -2.40. The predicted octanol–water partition coefficient (Wildman–Crippen LogP) is 1.17. The number of aromatic nitrogens is 1. The van der Waals surface area contributed by atoms with Gasteiger partial charge in [0.1, 0.15) is 11.8 Å². The molecule has 2 rings (SSSR count). The minimum Gasteiger partial charge on any atom is -0.349 e. The van der Waals surface area contributed by atoms with Gasteiger partial charge in [0.2, 0.25) is 0 Å². The second-order valence-electron chi connectivity index (χ2n) is 4.68. The number of carbonyl (C=O) groups is 1. The molecule has 2 heterocycles. The highest BCUT2D eigenvalue weighted by atomic mass is 16.1. The number of hydrogen-bond acceptors (Lipinski definition) is 4. The third kappa shape index (κ3) is 3.30. The van der Waals surface area contributed by atoms with E-state index in [1.54, 1.807) is 12.1 Å². The highest BCUT2D eigenvalue weighted by Gasteiger charge is 2.23. The van der Waals surface area contributed by atoms with Gasteiger partial charge in [0, 0.05) is 18.8 Å². The molecule has 5 nitrogen and oxygen atoms in total. The zero-order valence-corrected chi connectivity index (χ0v) is 11.1. The first kappa shape index (κ1) is 13.5. The molecule has 1 atom stereocenters. The van der Waals surface area contributed by atoms with Crippen LogP contribution in [0.4, 0.5) is 0 Å². The van der Waals surface area contributed by atoms with Gasteiger partial charge in [-0.25, -0.2) is 4.98 Å². The van der Waals surface area contributed by atoms with E-state index in [1.807, 2.05) is 6.07 Å². The van der Waals surface area contributed by atoms with Crippen molar-refractivity contribution in [2.75, 3.05) is 19.6 Å². The van der Waals surface area contributed by atoms with Crippen molar-refractivity contribution in [3.63, 3.8) is 0 Å². The van der Waals surface area contributed by atoms with Gasteiger partial charge in [0.05, 0.1) is 5.56 Å². The predicted molar refractivity (Wildman–Crippen MR) is 71.6 cm³/mol. The average molecular weight is 258 g/mol. The number of likely N-dealkylation sites (tertiary alicyclic amines) is 1. The van der Waals surface area contributed by atoms with Gasteiger partial charge in [-0.1, -0.05) is 6.92 Å². The van der Waals surface area contributed by atoms with Crippen molar-refractivity contribution >= 4 is 5.91 Å². The van der Waals surface area contributed by atoms with E-state index in [0.717, 1.165) is 19.5 Å². The molecule has 1 aromatic heterocycles. The van der Waals surface area contributed by atoms with E-state index < -0.39 is 0 Å². The number of amides is 1. The molecule has 0 aliphatic carbocycles. The molecule has 1 aliphatic rings. The van der Waals surface area contributed by atoms with Crippen LogP contribution in [0.15, 0.2) is 18.3 Å². The Morgan fingerprint density at radius 2 is 2.47 bits per heavy atom. The highest BCUT2D eigenvalue weighted by molar-refractivity contribution is 5.92. The molecule has 0 bridgehead atoms. The van der Waals surface area contributed by atoms with E-state index in [1.165, 1.54) is 12.6 Å². The first-order valence-corrected chi connectivity index (χ1v) is 6.63. The van der Waals surface area contributed by atoms with Gasteiger partial charge in [-0.05, 0) is 38.1 Å². The third-order valence-corrected chi connectivity index (χ3v) is 3.53. The summed E-state index contributed by atoms with van der Waals surface area (Å²) in [4.78, 5) is 18.3. The van der Waals surface area contributed by atoms with E-state index in [0.29, 0.717) is 23.8 Å². The lowest BCUT2D eigenvalue weighted by Gasteiger charge is -2.22. The zero-order chi connectivity index (χ0) is 13.7. The van der Waals surface area contributed by atoms with Gasteiger partial charge in [0.15, 0.2) is 0 Å². The number of nitrogens with zero attached hydrogens (tertiary/aromatic N) is 3. The van der Waals surface area contributed by atoms with Crippen LogP contribution in [0.25, 0.3) is 0 Å². The molecule has 0 spiro atoms. The van der Waals surface area contributed by atoms with Crippen molar-refractivity contribution < 1.29 is 4.79 Å². The van der Waals surface area contributed by atoms with Crippen LogP contribution in [0, 0.1) is 11.3 Å². The monoisotopic (exact) mass is 258 g/mol. The summed E-state index contributed by atoms with van der Waals surface area (Å²) >= 11 is 0. The molecule has 1 fully saturated rings. The molecule has 1 saturated heterocycles. The van der Waals surface area contributed by atoms with Crippen molar-refractivity contribution in [1.82, 2.24) is 15.2 Å². The topological polar surface area (TPSA) is 69.0 Å². The Hall–Kier alpha value is -1.93. The first-order valence-electron chi connectivity index (χ1n) is 6.63. The van der Waals surface area contributed by atoms with Crippen LogP contribution in [0.3, 0.4) is 0 Å². The number of hydrogen-bond donors (Lipinski definition) is 1. The fourth-order valence-corrected chi connectivity index (χ4v) is 2.44. The SMILES string of the molecule is CCN1CCCC1CNC(=O)c1ccc(C#N)cn1. The first-order chi connectivity index (χ1) is 9.24. The molecular weight excluding hydrogens is 240 g/mol. The second kappa shape index (κ2) is 6.30. The summed E-state index contributed by atoms with van der Waals surface area (Å²) in [5, 5.41) is 11.6. The van der Waals surface area contributed by atoms with E-state index in [-0.39, 0.29) is 5.91 Å². The molecule has 100 valence electrons. The van der Waals surface area contributed by atoms with Crippen LogP contribution >= 0.6 is 0 Å². The Kier molecular flexibility index (Phi) is 4.48. The normalized spacial score (nSPS) is 19.1. The molecule has 0 radical (unpaired) electrons. The Bertz CT molecular complexity index is 477. The molecule has 1 N–H and O–H groups in total. The average Bonchev–Trinajstić information content (AvgIpc) is 2.92. The van der Waals surface area contributed by atoms with Gasteiger partial charge in [-0.3, -0.25) is 9.69 Å². The molecule has 1 unspecified atom stereocenters. The Morgan fingerprint density at radius 1 is 1.63 bits per heavy atom. The van der Waals surface area contributed by atoms with Crippen LogP contribution in [-0.4, -0.2) is 41.5 Å². The number of rotatable bonds is 4. The van der Waals surface area contributed by atoms with E-state index >= 15 is 0 Å². The number of nitrogens with one attached hydrogen (secondary N) is 1. The summed E-state index contributed by atoms with van der Waals surface area (Å²) in [6.45, 7) is 4.94. The van der Waals surface area contributed by atoms with E-state index in [2.05, 4.69) is 22.1 Å². The molecular formula is C14H18N4O. The minimum atomic E-state index is -0.174. The number of likely N-dealkylation sites (N-methyl/N-ethyl adjacent to an activating group) is 1. The number of nitriles is 1. The Morgan fingerprint density at radius 3 is 3.11 bits per heavy atom. The third-order valence-electron chi connectivity index (χ3n) is 3.53. The lowest BCUT2D eigenvalue weighted by atomic mass is 10.2. The van der Waals surface area contributed by atoms with Gasteiger partial charge in [0.25, 0.3) is 5.91 Å². The molecule has 0 aromatic carbocycles. The van der Waals surface area contributed by atoms with Crippen LogP contribution in [0.2, 0.25) is 0 Å². The highest BCUT2D eigenvalue weighted by Crippen LogP contribution is 2.15. The summed E-state index contributed by atoms with van der Waals surface area (Å²) in [6, 6.07) is 5.61. The smallest absolute Gasteiger partial charge is 0.269 e. The van der Waals surface area contributed by atoms with Crippen molar-refractivity contribution in [2.24, 2.45) is 0 Å². The lowest BCUT2D eigenvalue weighted by molar-refractivity contribution is 0.0936. The maximum Gasteiger partial charge on any atom is 0.269 e. The van der Waals surface area contributed by atoms with Crippen molar-refractivity contribution in [3.8, 4) is 6.07 Å². The van der Waals surface area contributed by atoms with E-state index in [4.69, 9.17) is 5.26 Å². The second-order valence-corrected chi connectivity index (χ2v) is 4.68. The molecule has 19 heavy (non-hydrogen) atoms. The maximum atomic E-state index is 11.9. The van der Waals surface area contributed by atoms with Gasteiger partial charge < -0.3 is 5.32 Å². The van der Waals surface area contributed by atoms with Crippen LogP contribution in [0.1, 0.15) is 35.8 Å². The Balaban J connectivity index is 1.88. The molecule has 1 aromatic rings. The fourth-order valence-electron chi connectivity index (χ4n) is 2.44. The van der Waals surface area contributed by atoms with Gasteiger partial charge >= 0.3 is 0 Å². The van der Waals surface area contributed by atoms with Crippen LogP contribution < -0.4 is 5.32 Å². The van der Waals surface area contributed by atoms with Crippen molar-refractivity contribution in [1.29, 1.82) is 5.26 Å². The maximum absolute atomic E-state index is 11.9. The van der Waals surface area contributed by atoms with Crippen LogP contribution in [-0.2, 0) is 0 Å². The van der Waals surface area contributed by atoms with Gasteiger partial charge in [-0.15, -0.1) is 0 Å². The summed E-state index contributed by atoms with van der Waals surface area (Å²) < 4.78 is 0. The summed E-state index contributed by atoms with van der Waals surface area (Å²) in [7, 11) is 0. The van der Waals surface area contributed by atoms with Crippen LogP contribution in [0.5, 0.6) is 0 Å². The fraction of sp³-hybridized carbons (Fsp3) is 0.500. The number of pyridine rings is 1. The standard InChI is InChI=1S/C14H18N4O/c1-2-18-7-3-4-12(18)10-17-14(19)13-6-5-11(8-15)9-16-13/h5-6,9,12H,2-4,7,10H2,1H3,(H,17,19). The van der Waals surface area contributed by atoms with Crippen molar-refractivity contribution in [3.05, 3.63) is 29.6 Å². The summed E-state index contributed by atoms with van der Waals surface area (Å²) in [5.41, 5.74) is 0.824. The zero-order valence-electron chi connectivity index (χ0n) is 11.1. The van der Waals surface area contributed by atoms with E-state index in [9.17, 15) is 4.79 Å². The molecule has 5 heteroatoms. The summed E-state index contributed by atoms with van der Waals surface area (Å²) in [6.07, 6.45) is 3.75. The molecule has 1 amide bonds. The largest absolute Gasteiger partial charge is 0.349 e. The van der Waals surface area contributed by atoms with Crippen molar-refractivity contribution in [2.45, 2.75) is 25.8 Å². The minimum absolute atomic E-state index is 0.174. The Labute approximate surface area is 113 Å². The molecule has 1 aliphatic heterocycles. The van der Waals surface area contributed by atoms with Gasteiger partial charge in [-0.2, -0.15) is 5.26 Å². The quantitative estimate of drug-likeness (QED) is 0.880. The molecule has 0 saturated carbocycles. The summed E-state index contributed by atoms with van der Waals surface area (Å²) in [5.74, 6) is -0.174.